The summed E-state index contributed by atoms with van der Waals surface area (Å²) in [6.07, 6.45) is 6.14. The number of urea groups is 1. The predicted octanol–water partition coefficient (Wildman–Crippen LogP) is 2.07. The molecule has 112 valence electrons. The first-order valence-electron chi connectivity index (χ1n) is 7.46. The van der Waals surface area contributed by atoms with Crippen LogP contribution in [-0.4, -0.2) is 43.7 Å². The number of hydrogen-bond acceptors (Lipinski definition) is 2. The van der Waals surface area contributed by atoms with Crippen molar-refractivity contribution < 1.29 is 4.79 Å². The molecule has 21 heavy (non-hydrogen) atoms. The van der Waals surface area contributed by atoms with Crippen LogP contribution in [-0.2, 0) is 12.8 Å². The second kappa shape index (κ2) is 6.50. The van der Waals surface area contributed by atoms with Crippen molar-refractivity contribution in [3.8, 4) is 0 Å². The van der Waals surface area contributed by atoms with Crippen LogP contribution in [0.25, 0.3) is 6.08 Å². The molecule has 0 unspecified atom stereocenters. The van der Waals surface area contributed by atoms with Crippen LogP contribution in [0.1, 0.15) is 16.7 Å². The van der Waals surface area contributed by atoms with E-state index < -0.39 is 0 Å². The van der Waals surface area contributed by atoms with Crippen molar-refractivity contribution in [1.82, 2.24) is 15.5 Å². The van der Waals surface area contributed by atoms with Crippen molar-refractivity contribution in [3.63, 3.8) is 0 Å². The van der Waals surface area contributed by atoms with Gasteiger partial charge in [0.25, 0.3) is 0 Å². The van der Waals surface area contributed by atoms with Gasteiger partial charge in [0.1, 0.15) is 0 Å². The zero-order valence-electron chi connectivity index (χ0n) is 12.0. The van der Waals surface area contributed by atoms with Gasteiger partial charge < -0.3 is 15.5 Å². The van der Waals surface area contributed by atoms with E-state index >= 15 is 0 Å². The average molecular weight is 306 g/mol. The van der Waals surface area contributed by atoms with Crippen molar-refractivity contribution in [2.45, 2.75) is 12.8 Å². The molecule has 1 saturated heterocycles. The van der Waals surface area contributed by atoms with Crippen LogP contribution in [0, 0.1) is 0 Å². The fourth-order valence-electron chi connectivity index (χ4n) is 2.94. The molecule has 3 rings (SSSR count). The van der Waals surface area contributed by atoms with E-state index in [4.69, 9.17) is 11.6 Å². The quantitative estimate of drug-likeness (QED) is 0.898. The van der Waals surface area contributed by atoms with Crippen molar-refractivity contribution in [2.75, 3.05) is 32.7 Å². The van der Waals surface area contributed by atoms with Crippen molar-refractivity contribution in [2.24, 2.45) is 0 Å². The fraction of sp³-hybridized carbons (Fsp3) is 0.438. The lowest BCUT2D eigenvalue weighted by molar-refractivity contribution is 0.222. The van der Waals surface area contributed by atoms with Crippen LogP contribution in [0.2, 0.25) is 5.02 Å². The smallest absolute Gasteiger partial charge is 0.317 e. The van der Waals surface area contributed by atoms with Crippen molar-refractivity contribution in [3.05, 3.63) is 39.9 Å². The minimum Gasteiger partial charge on any atom is -0.336 e. The molecule has 1 aromatic rings. The summed E-state index contributed by atoms with van der Waals surface area (Å²) in [7, 11) is 0. The summed E-state index contributed by atoms with van der Waals surface area (Å²) in [6, 6.07) is 4.13. The highest BCUT2D eigenvalue weighted by molar-refractivity contribution is 6.32. The summed E-state index contributed by atoms with van der Waals surface area (Å²) >= 11 is 6.37. The first-order chi connectivity index (χ1) is 10.3. The largest absolute Gasteiger partial charge is 0.336 e. The molecule has 0 radical (unpaired) electrons. The number of amides is 2. The van der Waals surface area contributed by atoms with Crippen LogP contribution in [0.3, 0.4) is 0 Å². The number of rotatable bonds is 3. The van der Waals surface area contributed by atoms with E-state index in [9.17, 15) is 4.79 Å². The highest BCUT2D eigenvalue weighted by Gasteiger charge is 2.17. The van der Waals surface area contributed by atoms with Crippen LogP contribution in [0.4, 0.5) is 4.79 Å². The molecule has 0 aliphatic carbocycles. The summed E-state index contributed by atoms with van der Waals surface area (Å²) in [6.45, 7) is 4.14. The van der Waals surface area contributed by atoms with Gasteiger partial charge in [-0.25, -0.2) is 4.79 Å². The van der Waals surface area contributed by atoms with Gasteiger partial charge in [0.15, 0.2) is 0 Å². The summed E-state index contributed by atoms with van der Waals surface area (Å²) in [5, 5.41) is 7.02. The highest BCUT2D eigenvalue weighted by Crippen LogP contribution is 2.27. The Hall–Kier alpha value is -1.52. The van der Waals surface area contributed by atoms with Gasteiger partial charge in [-0.15, -0.1) is 0 Å². The number of carbonyl (C=O) groups is 1. The molecule has 1 fully saturated rings. The molecule has 1 aromatic carbocycles. The Morgan fingerprint density at radius 2 is 2.10 bits per heavy atom. The summed E-state index contributed by atoms with van der Waals surface area (Å²) in [4.78, 5) is 13.3. The Labute approximate surface area is 130 Å². The minimum absolute atomic E-state index is 0.0156. The lowest BCUT2D eigenvalue weighted by Gasteiger charge is -2.13. The first-order valence-corrected chi connectivity index (χ1v) is 7.84. The van der Waals surface area contributed by atoms with Gasteiger partial charge in [-0.3, -0.25) is 0 Å². The monoisotopic (exact) mass is 305 g/mol. The van der Waals surface area contributed by atoms with Gasteiger partial charge in [-0.2, -0.15) is 0 Å². The fourth-order valence-corrected chi connectivity index (χ4v) is 3.18. The summed E-state index contributed by atoms with van der Waals surface area (Å²) in [5.74, 6) is 0. The Morgan fingerprint density at radius 1 is 1.24 bits per heavy atom. The highest BCUT2D eigenvalue weighted by atomic mass is 35.5. The van der Waals surface area contributed by atoms with Gasteiger partial charge in [0, 0.05) is 24.7 Å². The number of hydrogen-bond donors (Lipinski definition) is 2. The third kappa shape index (κ3) is 3.22. The number of nitrogens with one attached hydrogen (secondary N) is 2. The molecule has 5 heteroatoms. The van der Waals surface area contributed by atoms with Gasteiger partial charge in [0.05, 0.1) is 0 Å². The molecule has 2 N–H and O–H groups in total. The molecule has 4 nitrogen and oxygen atoms in total. The number of fused-ring (bicyclic) bond motifs is 1. The molecule has 2 aliphatic heterocycles. The maximum atomic E-state index is 11.5. The number of halogens is 1. The zero-order chi connectivity index (χ0) is 14.7. The molecule has 0 atom stereocenters. The molecule has 0 saturated carbocycles. The van der Waals surface area contributed by atoms with E-state index in [-0.39, 0.29) is 6.03 Å². The Balaban J connectivity index is 1.79. The van der Waals surface area contributed by atoms with E-state index in [0.717, 1.165) is 49.6 Å². The first kappa shape index (κ1) is 14.4. The van der Waals surface area contributed by atoms with Gasteiger partial charge >= 0.3 is 6.03 Å². The summed E-state index contributed by atoms with van der Waals surface area (Å²) < 4.78 is 0. The van der Waals surface area contributed by atoms with Crippen LogP contribution < -0.4 is 10.6 Å². The lowest BCUT2D eigenvalue weighted by Crippen LogP contribution is -2.28. The van der Waals surface area contributed by atoms with Gasteiger partial charge in [-0.05, 0) is 48.7 Å². The maximum Gasteiger partial charge on any atom is 0.317 e. The SMILES string of the molecule is O=C1NCCN1CC=Cc1c(Cl)ccc2c1CCNCC2. The Bertz CT molecular complexity index is 571. The zero-order valence-corrected chi connectivity index (χ0v) is 12.7. The van der Waals surface area contributed by atoms with Crippen LogP contribution in [0.15, 0.2) is 18.2 Å². The third-order valence-corrected chi connectivity index (χ3v) is 4.41. The van der Waals surface area contributed by atoms with E-state index in [0.29, 0.717) is 6.54 Å². The van der Waals surface area contributed by atoms with Gasteiger partial charge in [0.2, 0.25) is 0 Å². The van der Waals surface area contributed by atoms with E-state index in [2.05, 4.69) is 22.8 Å². The van der Waals surface area contributed by atoms with E-state index in [1.807, 2.05) is 12.1 Å². The lowest BCUT2D eigenvalue weighted by atomic mass is 9.96. The third-order valence-electron chi connectivity index (χ3n) is 4.08. The standard InChI is InChI=1S/C16H20ClN3O/c17-15-4-3-12-5-7-18-8-6-13(12)14(15)2-1-10-20-11-9-19-16(20)21/h1-4,18H,5-11H2,(H,19,21). The molecule has 2 heterocycles. The Kier molecular flexibility index (Phi) is 4.46. The van der Waals surface area contributed by atoms with Gasteiger partial charge in [-0.1, -0.05) is 29.8 Å². The normalized spacial score (nSPS) is 18.7. The number of benzene rings is 1. The average Bonchev–Trinajstić information content (AvgIpc) is 2.74. The van der Waals surface area contributed by atoms with Crippen LogP contribution >= 0.6 is 11.6 Å². The van der Waals surface area contributed by atoms with Crippen LogP contribution in [0.5, 0.6) is 0 Å². The van der Waals surface area contributed by atoms with E-state index in [1.54, 1.807) is 4.90 Å². The number of nitrogens with zero attached hydrogens (tertiary/aromatic N) is 1. The molecule has 0 aromatic heterocycles. The molecule has 0 spiro atoms. The number of carbonyl (C=O) groups excluding carboxylic acids is 1. The minimum atomic E-state index is 0.0156. The molecule has 2 aliphatic rings. The topological polar surface area (TPSA) is 44.4 Å². The Morgan fingerprint density at radius 3 is 2.90 bits per heavy atom. The van der Waals surface area contributed by atoms with Crippen molar-refractivity contribution in [1.29, 1.82) is 0 Å². The molecule has 2 amide bonds. The second-order valence-corrected chi connectivity index (χ2v) is 5.84. The summed E-state index contributed by atoms with van der Waals surface area (Å²) in [5.41, 5.74) is 3.83. The second-order valence-electron chi connectivity index (χ2n) is 5.43. The van der Waals surface area contributed by atoms with Crippen molar-refractivity contribution >= 4 is 23.7 Å². The predicted molar refractivity (Wildman–Crippen MR) is 85.7 cm³/mol. The maximum absolute atomic E-state index is 11.5. The molecule has 0 bridgehead atoms. The molecular weight excluding hydrogens is 286 g/mol. The molecular formula is C16H20ClN3O. The van der Waals surface area contributed by atoms with E-state index in [1.165, 1.54) is 11.1 Å².